The van der Waals surface area contributed by atoms with Crippen LogP contribution in [0.4, 0.5) is 0 Å². The van der Waals surface area contributed by atoms with Crippen LogP contribution in [-0.4, -0.2) is 11.3 Å². The molecule has 0 unspecified atom stereocenters. The minimum Gasteiger partial charge on any atom is -0.298 e. The molecular formula is C9H12ClNO. The molecule has 0 atom stereocenters. The van der Waals surface area contributed by atoms with Gasteiger partial charge in [0.05, 0.1) is 5.02 Å². The molecule has 0 bridgehead atoms. The molecule has 0 fully saturated rings. The van der Waals surface area contributed by atoms with Crippen LogP contribution in [0.5, 0.6) is 0 Å². The first-order chi connectivity index (χ1) is 5.75. The quantitative estimate of drug-likeness (QED) is 0.630. The minimum absolute atomic E-state index is 0.412. The third kappa shape index (κ3) is 2.62. The van der Waals surface area contributed by atoms with Gasteiger partial charge < -0.3 is 0 Å². The van der Waals surface area contributed by atoms with E-state index in [4.69, 9.17) is 11.6 Å². The van der Waals surface area contributed by atoms with Crippen LogP contribution in [0.2, 0.25) is 5.02 Å². The summed E-state index contributed by atoms with van der Waals surface area (Å²) in [6.07, 6.45) is 3.80. The maximum Gasteiger partial charge on any atom is 0.151 e. The second kappa shape index (κ2) is 5.72. The van der Waals surface area contributed by atoms with E-state index >= 15 is 0 Å². The smallest absolute Gasteiger partial charge is 0.151 e. The fourth-order valence-corrected chi connectivity index (χ4v) is 0.941. The molecule has 0 aliphatic carbocycles. The van der Waals surface area contributed by atoms with E-state index in [0.29, 0.717) is 10.6 Å². The zero-order valence-electron chi connectivity index (χ0n) is 7.47. The molecule has 0 aliphatic heterocycles. The molecule has 0 spiro atoms. The van der Waals surface area contributed by atoms with Gasteiger partial charge in [-0.05, 0) is 12.5 Å². The number of aryl methyl sites for hydroxylation is 1. The number of halogens is 1. The molecule has 0 aliphatic rings. The standard InChI is InChI=1S/C7H6ClNO.C2H6/c1-5-2-9-3-7(8)6(5)4-10;1-2/h2-4H,1H3;1-2H3. The molecule has 66 valence electrons. The molecule has 3 heteroatoms. The normalized spacial score (nSPS) is 8.33. The molecule has 0 aromatic carbocycles. The molecule has 2 nitrogen and oxygen atoms in total. The molecule has 0 amide bonds. The van der Waals surface area contributed by atoms with E-state index in [2.05, 4.69) is 4.98 Å². The van der Waals surface area contributed by atoms with Gasteiger partial charge in [-0.1, -0.05) is 25.4 Å². The Morgan fingerprint density at radius 2 is 2.00 bits per heavy atom. The van der Waals surface area contributed by atoms with E-state index in [1.165, 1.54) is 6.20 Å². The van der Waals surface area contributed by atoms with Crippen molar-refractivity contribution in [2.24, 2.45) is 0 Å². The molecule has 0 radical (unpaired) electrons. The number of nitrogens with zero attached hydrogens (tertiary/aromatic N) is 1. The number of carbonyl (C=O) groups is 1. The first-order valence-corrected chi connectivity index (χ1v) is 4.19. The first kappa shape index (κ1) is 11.1. The van der Waals surface area contributed by atoms with Crippen molar-refractivity contribution in [3.05, 3.63) is 28.5 Å². The van der Waals surface area contributed by atoms with Crippen LogP contribution in [-0.2, 0) is 0 Å². The zero-order valence-corrected chi connectivity index (χ0v) is 8.22. The number of pyridine rings is 1. The Morgan fingerprint density at radius 1 is 1.42 bits per heavy atom. The zero-order chi connectivity index (χ0) is 9.56. The maximum atomic E-state index is 10.3. The van der Waals surface area contributed by atoms with Crippen LogP contribution in [0.1, 0.15) is 29.8 Å². The predicted molar refractivity (Wildman–Crippen MR) is 50.7 cm³/mol. The third-order valence-corrected chi connectivity index (χ3v) is 1.56. The lowest BCUT2D eigenvalue weighted by Crippen LogP contribution is -1.88. The highest BCUT2D eigenvalue weighted by Crippen LogP contribution is 2.14. The summed E-state index contributed by atoms with van der Waals surface area (Å²) in [6, 6.07) is 0. The summed E-state index contributed by atoms with van der Waals surface area (Å²) in [6.45, 7) is 5.79. The van der Waals surface area contributed by atoms with E-state index < -0.39 is 0 Å². The topological polar surface area (TPSA) is 30.0 Å². The number of aromatic nitrogens is 1. The molecule has 1 aromatic heterocycles. The second-order valence-corrected chi connectivity index (χ2v) is 2.38. The van der Waals surface area contributed by atoms with Crippen molar-refractivity contribution in [3.8, 4) is 0 Å². The van der Waals surface area contributed by atoms with Crippen molar-refractivity contribution in [1.29, 1.82) is 0 Å². The van der Waals surface area contributed by atoms with Crippen LogP contribution in [0.3, 0.4) is 0 Å². The highest BCUT2D eigenvalue weighted by Gasteiger charge is 2.00. The molecular weight excluding hydrogens is 174 g/mol. The predicted octanol–water partition coefficient (Wildman–Crippen LogP) is 2.88. The van der Waals surface area contributed by atoms with Gasteiger partial charge >= 0.3 is 0 Å². The van der Waals surface area contributed by atoms with Crippen molar-refractivity contribution in [3.63, 3.8) is 0 Å². The molecule has 1 rings (SSSR count). The Morgan fingerprint density at radius 3 is 2.33 bits per heavy atom. The summed E-state index contributed by atoms with van der Waals surface area (Å²) >= 11 is 5.64. The van der Waals surface area contributed by atoms with Crippen LogP contribution >= 0.6 is 11.6 Å². The van der Waals surface area contributed by atoms with Gasteiger partial charge in [-0.15, -0.1) is 0 Å². The Bertz CT molecular complexity index is 240. The van der Waals surface area contributed by atoms with Gasteiger partial charge in [-0.2, -0.15) is 0 Å². The van der Waals surface area contributed by atoms with Gasteiger partial charge in [0.2, 0.25) is 0 Å². The summed E-state index contributed by atoms with van der Waals surface area (Å²) < 4.78 is 0. The second-order valence-electron chi connectivity index (χ2n) is 1.97. The van der Waals surface area contributed by atoms with E-state index in [1.54, 1.807) is 13.1 Å². The summed E-state index contributed by atoms with van der Waals surface area (Å²) in [4.78, 5) is 14.1. The number of rotatable bonds is 1. The lowest BCUT2D eigenvalue weighted by molar-refractivity contribution is 0.112. The number of hydrogen-bond acceptors (Lipinski definition) is 2. The maximum absolute atomic E-state index is 10.3. The van der Waals surface area contributed by atoms with Gasteiger partial charge in [0.15, 0.2) is 6.29 Å². The van der Waals surface area contributed by atoms with E-state index in [1.807, 2.05) is 13.8 Å². The Labute approximate surface area is 77.6 Å². The van der Waals surface area contributed by atoms with Gasteiger partial charge in [-0.25, -0.2) is 0 Å². The van der Waals surface area contributed by atoms with E-state index in [0.717, 1.165) is 11.8 Å². The summed E-state index contributed by atoms with van der Waals surface area (Å²) in [7, 11) is 0. The largest absolute Gasteiger partial charge is 0.298 e. The average molecular weight is 186 g/mol. The fraction of sp³-hybridized carbons (Fsp3) is 0.333. The number of carbonyl (C=O) groups excluding carboxylic acids is 1. The summed E-state index contributed by atoms with van der Waals surface area (Å²) in [5, 5.41) is 0.412. The van der Waals surface area contributed by atoms with Crippen molar-refractivity contribution in [1.82, 2.24) is 4.98 Å². The van der Waals surface area contributed by atoms with Crippen LogP contribution in [0, 0.1) is 6.92 Å². The van der Waals surface area contributed by atoms with Crippen LogP contribution < -0.4 is 0 Å². The third-order valence-electron chi connectivity index (χ3n) is 1.26. The molecule has 0 N–H and O–H groups in total. The summed E-state index contributed by atoms with van der Waals surface area (Å²) in [5.74, 6) is 0. The molecule has 0 saturated heterocycles. The first-order valence-electron chi connectivity index (χ1n) is 3.81. The Kier molecular flexibility index (Phi) is 5.30. The summed E-state index contributed by atoms with van der Waals surface area (Å²) in [5.41, 5.74) is 1.33. The highest BCUT2D eigenvalue weighted by molar-refractivity contribution is 6.32. The lowest BCUT2D eigenvalue weighted by Gasteiger charge is -1.96. The van der Waals surface area contributed by atoms with Crippen LogP contribution in [0.15, 0.2) is 12.4 Å². The Hall–Kier alpha value is -0.890. The monoisotopic (exact) mass is 185 g/mol. The van der Waals surface area contributed by atoms with Crippen molar-refractivity contribution < 1.29 is 4.79 Å². The Balaban J connectivity index is 0.000000561. The number of hydrogen-bond donors (Lipinski definition) is 0. The highest BCUT2D eigenvalue weighted by atomic mass is 35.5. The number of aldehydes is 1. The van der Waals surface area contributed by atoms with E-state index in [-0.39, 0.29) is 0 Å². The van der Waals surface area contributed by atoms with Gasteiger partial charge in [0, 0.05) is 18.0 Å². The minimum atomic E-state index is 0.412. The van der Waals surface area contributed by atoms with Crippen molar-refractivity contribution in [2.45, 2.75) is 20.8 Å². The fourth-order valence-electron chi connectivity index (χ4n) is 0.691. The van der Waals surface area contributed by atoms with Gasteiger partial charge in [0.1, 0.15) is 0 Å². The van der Waals surface area contributed by atoms with E-state index in [9.17, 15) is 4.79 Å². The molecule has 12 heavy (non-hydrogen) atoms. The van der Waals surface area contributed by atoms with Gasteiger partial charge in [0.25, 0.3) is 0 Å². The van der Waals surface area contributed by atoms with Gasteiger partial charge in [-0.3, -0.25) is 9.78 Å². The molecule has 1 aromatic rings. The lowest BCUT2D eigenvalue weighted by atomic mass is 10.2. The molecule has 0 saturated carbocycles. The van der Waals surface area contributed by atoms with Crippen molar-refractivity contribution >= 4 is 17.9 Å². The average Bonchev–Trinajstić information content (AvgIpc) is 2.08. The van der Waals surface area contributed by atoms with Crippen LogP contribution in [0.25, 0.3) is 0 Å². The molecule has 1 heterocycles. The van der Waals surface area contributed by atoms with Crippen molar-refractivity contribution in [2.75, 3.05) is 0 Å². The SMILES string of the molecule is CC.Cc1cncc(Cl)c1C=O.